The molecular weight excluding hydrogens is 276 g/mol. The summed E-state index contributed by atoms with van der Waals surface area (Å²) in [6.07, 6.45) is 3.64. The van der Waals surface area contributed by atoms with Crippen molar-refractivity contribution in [3.05, 3.63) is 45.9 Å². The van der Waals surface area contributed by atoms with Gasteiger partial charge in [-0.05, 0) is 43.9 Å². The number of aromatic nitrogens is 1. The average Bonchev–Trinajstić information content (AvgIpc) is 2.77. The van der Waals surface area contributed by atoms with E-state index in [-0.39, 0.29) is 5.54 Å². The number of hydrogen-bond donors (Lipinski definition) is 0. The van der Waals surface area contributed by atoms with Gasteiger partial charge >= 0.3 is 0 Å². The third-order valence-electron chi connectivity index (χ3n) is 4.10. The summed E-state index contributed by atoms with van der Waals surface area (Å²) in [5.41, 5.74) is 2.55. The van der Waals surface area contributed by atoms with Crippen LogP contribution in [0.3, 0.4) is 0 Å². The van der Waals surface area contributed by atoms with Crippen LogP contribution in [0.15, 0.2) is 29.6 Å². The molecule has 1 aliphatic rings. The Morgan fingerprint density at radius 3 is 2.42 bits per heavy atom. The van der Waals surface area contributed by atoms with Crippen molar-refractivity contribution in [1.29, 1.82) is 0 Å². The molecule has 1 aromatic heterocycles. The second-order valence-electron chi connectivity index (χ2n) is 5.22. The van der Waals surface area contributed by atoms with Gasteiger partial charge in [0.25, 0.3) is 0 Å². The van der Waals surface area contributed by atoms with Crippen LogP contribution < -0.4 is 4.90 Å². The zero-order valence-electron chi connectivity index (χ0n) is 11.2. The van der Waals surface area contributed by atoms with Crippen LogP contribution in [0.5, 0.6) is 0 Å². The van der Waals surface area contributed by atoms with Crippen molar-refractivity contribution in [2.75, 3.05) is 11.9 Å². The molecule has 0 bridgehead atoms. The molecule has 0 atom stereocenters. The Labute approximate surface area is 123 Å². The maximum atomic E-state index is 6.00. The Morgan fingerprint density at radius 1 is 1.26 bits per heavy atom. The zero-order chi connectivity index (χ0) is 13.5. The maximum absolute atomic E-state index is 6.00. The third kappa shape index (κ3) is 2.15. The Balaban J connectivity index is 1.96. The average molecular weight is 293 g/mol. The predicted octanol–water partition coefficient (Wildman–Crippen LogP) is 4.62. The molecule has 0 saturated heterocycles. The van der Waals surface area contributed by atoms with Crippen molar-refractivity contribution in [1.82, 2.24) is 4.98 Å². The van der Waals surface area contributed by atoms with E-state index in [9.17, 15) is 0 Å². The lowest BCUT2D eigenvalue weighted by atomic mass is 9.71. The number of thiazole rings is 1. The van der Waals surface area contributed by atoms with Gasteiger partial charge in [0.15, 0.2) is 5.13 Å². The van der Waals surface area contributed by atoms with E-state index in [4.69, 9.17) is 11.6 Å². The van der Waals surface area contributed by atoms with Gasteiger partial charge in [-0.15, -0.1) is 11.3 Å². The quantitative estimate of drug-likeness (QED) is 0.820. The fraction of sp³-hybridized carbons (Fsp3) is 0.400. The molecule has 1 fully saturated rings. The van der Waals surface area contributed by atoms with E-state index in [1.807, 2.05) is 19.1 Å². The minimum Gasteiger partial charge on any atom is -0.341 e. The predicted molar refractivity (Wildman–Crippen MR) is 82.2 cm³/mol. The molecule has 1 aromatic carbocycles. The van der Waals surface area contributed by atoms with E-state index in [1.165, 1.54) is 24.8 Å². The van der Waals surface area contributed by atoms with Gasteiger partial charge in [-0.25, -0.2) is 4.98 Å². The molecule has 0 aliphatic heterocycles. The van der Waals surface area contributed by atoms with E-state index < -0.39 is 0 Å². The van der Waals surface area contributed by atoms with Crippen LogP contribution in [0, 0.1) is 6.92 Å². The van der Waals surface area contributed by atoms with Gasteiger partial charge in [0.1, 0.15) is 0 Å². The highest BCUT2D eigenvalue weighted by atomic mass is 35.5. The molecule has 2 nitrogen and oxygen atoms in total. The number of nitrogens with zero attached hydrogens (tertiary/aromatic N) is 2. The summed E-state index contributed by atoms with van der Waals surface area (Å²) in [5.74, 6) is 0. The molecule has 19 heavy (non-hydrogen) atoms. The molecule has 1 aliphatic carbocycles. The highest BCUT2D eigenvalue weighted by Crippen LogP contribution is 2.48. The van der Waals surface area contributed by atoms with E-state index >= 15 is 0 Å². The maximum Gasteiger partial charge on any atom is 0.185 e. The summed E-state index contributed by atoms with van der Waals surface area (Å²) in [6, 6.07) is 8.27. The Morgan fingerprint density at radius 2 is 1.95 bits per heavy atom. The lowest BCUT2D eigenvalue weighted by Gasteiger charge is -2.49. The van der Waals surface area contributed by atoms with Crippen LogP contribution >= 0.6 is 22.9 Å². The normalized spacial score (nSPS) is 17.0. The second kappa shape index (κ2) is 4.80. The van der Waals surface area contributed by atoms with Crippen molar-refractivity contribution in [2.24, 2.45) is 0 Å². The molecule has 0 radical (unpaired) electrons. The standard InChI is InChI=1S/C15H17ClN2S/c1-11-10-19-14(17-11)18(2)15(8-3-9-15)12-4-6-13(16)7-5-12/h4-7,10H,3,8-9H2,1-2H3. The summed E-state index contributed by atoms with van der Waals surface area (Å²) < 4.78 is 0. The monoisotopic (exact) mass is 292 g/mol. The van der Waals surface area contributed by atoms with Crippen LogP contribution in [-0.2, 0) is 5.54 Å². The van der Waals surface area contributed by atoms with Crippen molar-refractivity contribution in [3.63, 3.8) is 0 Å². The van der Waals surface area contributed by atoms with E-state index in [1.54, 1.807) is 11.3 Å². The molecule has 0 unspecified atom stereocenters. The number of anilines is 1. The van der Waals surface area contributed by atoms with Crippen LogP contribution in [0.4, 0.5) is 5.13 Å². The first-order chi connectivity index (χ1) is 9.12. The molecule has 100 valence electrons. The fourth-order valence-corrected chi connectivity index (χ4v) is 3.75. The molecule has 1 saturated carbocycles. The summed E-state index contributed by atoms with van der Waals surface area (Å²) in [7, 11) is 2.16. The van der Waals surface area contributed by atoms with Crippen molar-refractivity contribution in [2.45, 2.75) is 31.7 Å². The molecule has 0 N–H and O–H groups in total. The molecule has 0 spiro atoms. The van der Waals surface area contributed by atoms with Gasteiger partial charge in [0.2, 0.25) is 0 Å². The van der Waals surface area contributed by atoms with Crippen molar-refractivity contribution in [3.8, 4) is 0 Å². The van der Waals surface area contributed by atoms with E-state index in [0.29, 0.717) is 0 Å². The molecule has 1 heterocycles. The fourth-order valence-electron chi connectivity index (χ4n) is 2.77. The van der Waals surface area contributed by atoms with Crippen LogP contribution in [-0.4, -0.2) is 12.0 Å². The Hall–Kier alpha value is -1.06. The van der Waals surface area contributed by atoms with Gasteiger partial charge in [-0.2, -0.15) is 0 Å². The topological polar surface area (TPSA) is 16.1 Å². The summed E-state index contributed by atoms with van der Waals surface area (Å²) in [5, 5.41) is 4.01. The number of halogens is 1. The minimum atomic E-state index is 0.106. The smallest absolute Gasteiger partial charge is 0.185 e. The SMILES string of the molecule is Cc1csc(N(C)C2(c3ccc(Cl)cc3)CCC2)n1. The van der Waals surface area contributed by atoms with E-state index in [2.05, 4.69) is 34.4 Å². The molecule has 0 amide bonds. The van der Waals surface area contributed by atoms with Crippen LogP contribution in [0.25, 0.3) is 0 Å². The van der Waals surface area contributed by atoms with Crippen LogP contribution in [0.2, 0.25) is 5.02 Å². The first-order valence-corrected chi connectivity index (χ1v) is 7.80. The molecule has 3 rings (SSSR count). The van der Waals surface area contributed by atoms with Crippen LogP contribution in [0.1, 0.15) is 30.5 Å². The Kier molecular flexibility index (Phi) is 3.27. The second-order valence-corrected chi connectivity index (χ2v) is 6.50. The first kappa shape index (κ1) is 12.9. The largest absolute Gasteiger partial charge is 0.341 e. The van der Waals surface area contributed by atoms with Gasteiger partial charge in [0.05, 0.1) is 11.2 Å². The van der Waals surface area contributed by atoms with Crippen molar-refractivity contribution >= 4 is 28.1 Å². The lowest BCUT2D eigenvalue weighted by Crippen LogP contribution is -2.49. The van der Waals surface area contributed by atoms with Gasteiger partial charge < -0.3 is 4.90 Å². The summed E-state index contributed by atoms with van der Waals surface area (Å²) in [4.78, 5) is 6.96. The van der Waals surface area contributed by atoms with E-state index in [0.717, 1.165) is 15.8 Å². The van der Waals surface area contributed by atoms with Gasteiger partial charge in [0, 0.05) is 17.5 Å². The number of hydrogen-bond acceptors (Lipinski definition) is 3. The molecule has 2 aromatic rings. The number of aryl methyl sites for hydroxylation is 1. The number of benzene rings is 1. The summed E-state index contributed by atoms with van der Waals surface area (Å²) in [6.45, 7) is 2.05. The highest BCUT2D eigenvalue weighted by Gasteiger charge is 2.43. The highest BCUT2D eigenvalue weighted by molar-refractivity contribution is 7.13. The van der Waals surface area contributed by atoms with Crippen molar-refractivity contribution < 1.29 is 0 Å². The van der Waals surface area contributed by atoms with Gasteiger partial charge in [-0.1, -0.05) is 23.7 Å². The zero-order valence-corrected chi connectivity index (χ0v) is 12.8. The molecular formula is C15H17ClN2S. The Bertz CT molecular complexity index is 572. The lowest BCUT2D eigenvalue weighted by molar-refractivity contribution is 0.241. The molecule has 4 heteroatoms. The first-order valence-electron chi connectivity index (χ1n) is 6.54. The number of rotatable bonds is 3. The third-order valence-corrected chi connectivity index (χ3v) is 5.39. The summed E-state index contributed by atoms with van der Waals surface area (Å²) >= 11 is 7.72. The van der Waals surface area contributed by atoms with Gasteiger partial charge in [-0.3, -0.25) is 0 Å². The minimum absolute atomic E-state index is 0.106.